The Morgan fingerprint density at radius 2 is 1.91 bits per heavy atom. The van der Waals surface area contributed by atoms with Crippen molar-refractivity contribution < 1.29 is 9.59 Å². The minimum absolute atomic E-state index is 0.192. The minimum atomic E-state index is -0.275. The highest BCUT2D eigenvalue weighted by Crippen LogP contribution is 2.06. The first-order valence-electron chi connectivity index (χ1n) is 3.29. The van der Waals surface area contributed by atoms with Crippen molar-refractivity contribution in [2.45, 2.75) is 12.3 Å². The molecule has 0 bridgehead atoms. The van der Waals surface area contributed by atoms with Crippen LogP contribution in [0.4, 0.5) is 0 Å². The van der Waals surface area contributed by atoms with Crippen LogP contribution in [-0.4, -0.2) is 28.6 Å². The maximum Gasteiger partial charge on any atom is 0.253 e. The van der Waals surface area contributed by atoms with Crippen LogP contribution in [0.2, 0.25) is 0 Å². The molecule has 0 saturated carbocycles. The quantitative estimate of drug-likeness (QED) is 0.452. The highest BCUT2D eigenvalue weighted by Gasteiger charge is 2.23. The Hall–Kier alpha value is -0.830. The summed E-state index contributed by atoms with van der Waals surface area (Å²) in [5.74, 6) is -0.551. The van der Waals surface area contributed by atoms with Gasteiger partial charge in [-0.2, -0.15) is 0 Å². The van der Waals surface area contributed by atoms with Crippen LogP contribution in [0.25, 0.3) is 0 Å². The summed E-state index contributed by atoms with van der Waals surface area (Å²) in [5.41, 5.74) is 0. The molecule has 0 N–H and O–H groups in total. The van der Waals surface area contributed by atoms with Gasteiger partial charge in [-0.05, 0) is 6.92 Å². The first-order chi connectivity index (χ1) is 5.11. The van der Waals surface area contributed by atoms with E-state index in [0.29, 0.717) is 0 Å². The molecule has 1 aliphatic heterocycles. The molecule has 0 fully saturated rings. The first-order valence-corrected chi connectivity index (χ1v) is 3.72. The zero-order chi connectivity index (χ0) is 8.43. The second-order valence-corrected chi connectivity index (χ2v) is 3.15. The average Bonchev–Trinajstić information content (AvgIpc) is 2.18. The van der Waals surface area contributed by atoms with E-state index in [4.69, 9.17) is 11.6 Å². The van der Waals surface area contributed by atoms with Gasteiger partial charge in [0.15, 0.2) is 0 Å². The molecule has 0 spiro atoms. The number of halogens is 1. The maximum atomic E-state index is 10.9. The molecule has 11 heavy (non-hydrogen) atoms. The van der Waals surface area contributed by atoms with E-state index in [1.165, 1.54) is 12.2 Å². The maximum absolute atomic E-state index is 10.9. The van der Waals surface area contributed by atoms with Crippen LogP contribution < -0.4 is 0 Å². The van der Waals surface area contributed by atoms with Crippen molar-refractivity contribution in [3.05, 3.63) is 12.2 Å². The molecule has 1 atom stereocenters. The van der Waals surface area contributed by atoms with Crippen LogP contribution in [0.5, 0.6) is 0 Å². The number of imide groups is 1. The molecule has 0 aromatic heterocycles. The molecule has 1 rings (SSSR count). The third-order valence-corrected chi connectivity index (χ3v) is 1.47. The smallest absolute Gasteiger partial charge is 0.253 e. The zero-order valence-electron chi connectivity index (χ0n) is 6.08. The fourth-order valence-corrected chi connectivity index (χ4v) is 1.00. The van der Waals surface area contributed by atoms with Gasteiger partial charge < -0.3 is 0 Å². The van der Waals surface area contributed by atoms with Crippen LogP contribution >= 0.6 is 11.6 Å². The van der Waals surface area contributed by atoms with Gasteiger partial charge in [-0.15, -0.1) is 11.6 Å². The minimum Gasteiger partial charge on any atom is -0.274 e. The largest absolute Gasteiger partial charge is 0.274 e. The van der Waals surface area contributed by atoms with Crippen molar-refractivity contribution in [2.75, 3.05) is 6.54 Å². The van der Waals surface area contributed by atoms with Crippen molar-refractivity contribution in [3.63, 3.8) is 0 Å². The van der Waals surface area contributed by atoms with Gasteiger partial charge in [-0.1, -0.05) is 0 Å². The molecule has 0 radical (unpaired) electrons. The van der Waals surface area contributed by atoms with Crippen LogP contribution in [0.3, 0.4) is 0 Å². The number of amides is 2. The summed E-state index contributed by atoms with van der Waals surface area (Å²) < 4.78 is 0. The molecule has 0 aromatic carbocycles. The molecule has 0 aromatic rings. The van der Waals surface area contributed by atoms with Gasteiger partial charge in [-0.3, -0.25) is 14.5 Å². The van der Waals surface area contributed by atoms with Gasteiger partial charge in [0.1, 0.15) is 0 Å². The lowest BCUT2D eigenvalue weighted by molar-refractivity contribution is -0.136. The van der Waals surface area contributed by atoms with E-state index in [1.807, 2.05) is 0 Å². The number of hydrogen-bond donors (Lipinski definition) is 0. The predicted molar refractivity (Wildman–Crippen MR) is 41.2 cm³/mol. The number of nitrogens with zero attached hydrogens (tertiary/aromatic N) is 1. The summed E-state index contributed by atoms with van der Waals surface area (Å²) >= 11 is 5.61. The SMILES string of the molecule is CC(Cl)CN1C(=O)C=CC1=O. The first kappa shape index (κ1) is 8.27. The molecule has 1 unspecified atom stereocenters. The monoisotopic (exact) mass is 173 g/mol. The van der Waals surface area contributed by atoms with Crippen molar-refractivity contribution >= 4 is 23.4 Å². The fraction of sp³-hybridized carbons (Fsp3) is 0.429. The molecule has 1 aliphatic rings. The Bertz CT molecular complexity index is 204. The number of alkyl halides is 1. The number of rotatable bonds is 2. The van der Waals surface area contributed by atoms with Crippen LogP contribution in [-0.2, 0) is 9.59 Å². The van der Waals surface area contributed by atoms with Gasteiger partial charge in [0.2, 0.25) is 0 Å². The fourth-order valence-electron chi connectivity index (χ4n) is 0.863. The summed E-state index contributed by atoms with van der Waals surface area (Å²) in [6, 6.07) is 0. The van der Waals surface area contributed by atoms with E-state index in [0.717, 1.165) is 4.90 Å². The van der Waals surface area contributed by atoms with Crippen molar-refractivity contribution in [1.82, 2.24) is 4.90 Å². The summed E-state index contributed by atoms with van der Waals surface area (Å²) in [7, 11) is 0. The Kier molecular flexibility index (Phi) is 2.29. The van der Waals surface area contributed by atoms with Gasteiger partial charge >= 0.3 is 0 Å². The summed E-state index contributed by atoms with van der Waals surface area (Å²) in [6.07, 6.45) is 2.50. The molecule has 1 heterocycles. The lowest BCUT2D eigenvalue weighted by Gasteiger charge is -2.14. The van der Waals surface area contributed by atoms with Gasteiger partial charge in [0, 0.05) is 24.1 Å². The van der Waals surface area contributed by atoms with Gasteiger partial charge in [-0.25, -0.2) is 0 Å². The average molecular weight is 174 g/mol. The molecule has 4 heteroatoms. The topological polar surface area (TPSA) is 37.4 Å². The van der Waals surface area contributed by atoms with Crippen LogP contribution in [0.15, 0.2) is 12.2 Å². The zero-order valence-corrected chi connectivity index (χ0v) is 6.84. The van der Waals surface area contributed by atoms with Crippen molar-refractivity contribution in [2.24, 2.45) is 0 Å². The third-order valence-electron chi connectivity index (χ3n) is 1.33. The summed E-state index contributed by atoms with van der Waals surface area (Å²) in [6.45, 7) is 2.02. The Balaban J connectivity index is 2.59. The normalized spacial score (nSPS) is 19.6. The standard InChI is InChI=1S/C7H8ClNO2/c1-5(8)4-9-6(10)2-3-7(9)11/h2-3,5H,4H2,1H3. The highest BCUT2D eigenvalue weighted by atomic mass is 35.5. The second-order valence-electron chi connectivity index (χ2n) is 2.40. The van der Waals surface area contributed by atoms with E-state index in [9.17, 15) is 9.59 Å². The van der Waals surface area contributed by atoms with E-state index in [-0.39, 0.29) is 23.7 Å². The van der Waals surface area contributed by atoms with E-state index < -0.39 is 0 Å². The van der Waals surface area contributed by atoms with Crippen LogP contribution in [0.1, 0.15) is 6.92 Å². The molecular weight excluding hydrogens is 166 g/mol. The molecule has 2 amide bonds. The number of hydrogen-bond acceptors (Lipinski definition) is 2. The third kappa shape index (κ3) is 1.80. The second kappa shape index (κ2) is 3.05. The number of carbonyl (C=O) groups is 2. The summed E-state index contributed by atoms with van der Waals surface area (Å²) in [5, 5.41) is -0.192. The lowest BCUT2D eigenvalue weighted by Crippen LogP contribution is -2.34. The predicted octanol–water partition coefficient (Wildman–Crippen LogP) is 0.539. The van der Waals surface area contributed by atoms with Crippen molar-refractivity contribution in [3.8, 4) is 0 Å². The molecule has 0 aliphatic carbocycles. The molecule has 0 saturated heterocycles. The van der Waals surface area contributed by atoms with Gasteiger partial charge in [0.05, 0.1) is 0 Å². The molecule has 3 nitrogen and oxygen atoms in total. The Morgan fingerprint density at radius 3 is 2.27 bits per heavy atom. The highest BCUT2D eigenvalue weighted by molar-refractivity contribution is 6.21. The van der Waals surface area contributed by atoms with Gasteiger partial charge in [0.25, 0.3) is 11.8 Å². The van der Waals surface area contributed by atoms with Crippen molar-refractivity contribution in [1.29, 1.82) is 0 Å². The Labute approximate surface area is 69.6 Å². The van der Waals surface area contributed by atoms with Crippen LogP contribution in [0, 0.1) is 0 Å². The van der Waals surface area contributed by atoms with E-state index >= 15 is 0 Å². The molecular formula is C7H8ClNO2. The Morgan fingerprint density at radius 1 is 1.45 bits per heavy atom. The van der Waals surface area contributed by atoms with E-state index in [1.54, 1.807) is 6.92 Å². The lowest BCUT2D eigenvalue weighted by atomic mass is 10.4. The number of carbonyl (C=O) groups excluding carboxylic acids is 2. The molecule has 60 valence electrons. The summed E-state index contributed by atoms with van der Waals surface area (Å²) in [4.78, 5) is 22.9. The van der Waals surface area contributed by atoms with E-state index in [2.05, 4.69) is 0 Å².